The van der Waals surface area contributed by atoms with Crippen LogP contribution < -0.4 is 0 Å². The summed E-state index contributed by atoms with van der Waals surface area (Å²) in [6, 6.07) is 83.4. The number of rotatable bonds is 5. The smallest absolute Gasteiger partial charge is 0.143 e. The van der Waals surface area contributed by atoms with E-state index in [9.17, 15) is 0 Å². The van der Waals surface area contributed by atoms with Crippen LogP contribution in [-0.2, 0) is 0 Å². The molecule has 1 aliphatic rings. The molecule has 0 saturated carbocycles. The summed E-state index contributed by atoms with van der Waals surface area (Å²) in [6.07, 6.45) is 0. The minimum Gasteiger partial charge on any atom is -0.455 e. The molecule has 0 fully saturated rings. The van der Waals surface area contributed by atoms with Crippen LogP contribution in [-0.4, -0.2) is 9.97 Å². The van der Waals surface area contributed by atoms with Gasteiger partial charge in [-0.15, -0.1) is 0 Å². The Hall–Kier alpha value is -9.18. The fourth-order valence-corrected chi connectivity index (χ4v) is 11.5. The van der Waals surface area contributed by atoms with Crippen molar-refractivity contribution < 1.29 is 4.42 Å². The van der Waals surface area contributed by atoms with Crippen molar-refractivity contribution in [1.82, 2.24) is 9.97 Å². The molecule has 0 radical (unpaired) electrons. The molecule has 1 aliphatic carbocycles. The van der Waals surface area contributed by atoms with Crippen molar-refractivity contribution in [2.75, 3.05) is 0 Å². The van der Waals surface area contributed by atoms with E-state index in [4.69, 9.17) is 14.4 Å². The van der Waals surface area contributed by atoms with Crippen molar-refractivity contribution >= 4 is 76.1 Å². The molecule has 0 aliphatic heterocycles. The van der Waals surface area contributed by atoms with Gasteiger partial charge in [0.25, 0.3) is 0 Å². The van der Waals surface area contributed by atoms with E-state index >= 15 is 0 Å². The molecule has 0 atom stereocenters. The molecule has 12 aromatic carbocycles. The van der Waals surface area contributed by atoms with Gasteiger partial charge in [0.15, 0.2) is 0 Å². The first-order chi connectivity index (χ1) is 34.2. The normalized spacial score (nSPS) is 12.1. The minimum absolute atomic E-state index is 0.893. The van der Waals surface area contributed by atoms with Crippen LogP contribution in [0.5, 0.6) is 0 Å². The molecule has 69 heavy (non-hydrogen) atoms. The van der Waals surface area contributed by atoms with Crippen molar-refractivity contribution in [2.45, 2.75) is 0 Å². The first kappa shape index (κ1) is 38.0. The first-order valence-corrected chi connectivity index (χ1v) is 23.6. The van der Waals surface area contributed by atoms with Crippen molar-refractivity contribution in [3.8, 4) is 78.1 Å². The lowest BCUT2D eigenvalue weighted by molar-refractivity contribution is 0.670. The van der Waals surface area contributed by atoms with E-state index in [1.807, 2.05) is 6.07 Å². The number of para-hydroxylation sites is 2. The monoisotopic (exact) mass is 874 g/mol. The summed E-state index contributed by atoms with van der Waals surface area (Å²) in [5.74, 6) is 0. The maximum Gasteiger partial charge on any atom is 0.143 e. The number of hydrogen-bond donors (Lipinski definition) is 0. The molecular weight excluding hydrogens is 837 g/mol. The third-order valence-corrected chi connectivity index (χ3v) is 14.6. The Kier molecular flexibility index (Phi) is 8.07. The van der Waals surface area contributed by atoms with Crippen LogP contribution >= 0.6 is 0 Å². The first-order valence-electron chi connectivity index (χ1n) is 23.6. The molecule has 318 valence electrons. The summed E-state index contributed by atoms with van der Waals surface area (Å²) in [5.41, 5.74) is 19.0. The topological polar surface area (TPSA) is 38.9 Å². The average Bonchev–Trinajstić information content (AvgIpc) is 3.96. The zero-order valence-electron chi connectivity index (χ0n) is 37.2. The number of benzene rings is 12. The van der Waals surface area contributed by atoms with Gasteiger partial charge in [-0.05, 0) is 94.8 Å². The number of hydrogen-bond acceptors (Lipinski definition) is 3. The summed E-state index contributed by atoms with van der Waals surface area (Å²) in [6.45, 7) is 0. The standard InChI is InChI=1S/C66H38N2O/c1-3-16-40(17-4-1)45-33-34-46(41-18-5-2-6-19-41)63-62(45)67-64-55-27-14-25-51-52(35-36-56(61(51)55)65(64)68-63)60-50-23-10-9-22-49(50)59(44-30-29-39-15-7-8-20-42(39)37-44)53-32-31-43(38-57(53)60)47-24-13-26-54-48-21-11-12-28-58(48)69-66(47)54/h1-38H. The Labute approximate surface area is 397 Å². The van der Waals surface area contributed by atoms with Crippen LogP contribution in [0.15, 0.2) is 235 Å². The molecule has 2 aromatic heterocycles. The van der Waals surface area contributed by atoms with Crippen LogP contribution in [0.3, 0.4) is 0 Å². The Balaban J connectivity index is 1.02. The highest BCUT2D eigenvalue weighted by atomic mass is 16.3. The summed E-state index contributed by atoms with van der Waals surface area (Å²) < 4.78 is 6.67. The maximum absolute atomic E-state index is 6.67. The number of aromatic nitrogens is 2. The average molecular weight is 875 g/mol. The molecule has 3 heteroatoms. The Morgan fingerprint density at radius 1 is 0.275 bits per heavy atom. The molecule has 0 spiro atoms. The highest BCUT2D eigenvalue weighted by Crippen LogP contribution is 2.53. The van der Waals surface area contributed by atoms with E-state index in [2.05, 4.69) is 224 Å². The quantitative estimate of drug-likeness (QED) is 0.162. The molecule has 0 unspecified atom stereocenters. The van der Waals surface area contributed by atoms with Gasteiger partial charge in [0.1, 0.15) is 11.2 Å². The zero-order chi connectivity index (χ0) is 45.2. The molecular formula is C66H38N2O. The maximum atomic E-state index is 6.67. The van der Waals surface area contributed by atoms with Crippen molar-refractivity contribution in [3.05, 3.63) is 231 Å². The van der Waals surface area contributed by atoms with Gasteiger partial charge in [0.2, 0.25) is 0 Å². The lowest BCUT2D eigenvalue weighted by Gasteiger charge is -2.20. The lowest BCUT2D eigenvalue weighted by Crippen LogP contribution is -1.95. The molecule has 3 nitrogen and oxygen atoms in total. The molecule has 0 saturated heterocycles. The van der Waals surface area contributed by atoms with Gasteiger partial charge >= 0.3 is 0 Å². The third-order valence-electron chi connectivity index (χ3n) is 14.6. The van der Waals surface area contributed by atoms with Gasteiger partial charge in [0.05, 0.1) is 22.4 Å². The molecule has 15 rings (SSSR count). The van der Waals surface area contributed by atoms with E-state index in [1.165, 1.54) is 65.3 Å². The second kappa shape index (κ2) is 14.7. The SMILES string of the molecule is c1ccc(-c2ccc(-c3ccccc3)c3nc4c(nc23)-c2cccc3c(-c5c6ccccc6c(-c6ccc7ccccc7c6)c6ccc(-c7cccc8c7oc7ccccc78)cc56)ccc-4c23)cc1. The summed E-state index contributed by atoms with van der Waals surface area (Å²) in [5, 5.41) is 11.8. The second-order valence-corrected chi connectivity index (χ2v) is 18.3. The predicted octanol–water partition coefficient (Wildman–Crippen LogP) is 18.1. The van der Waals surface area contributed by atoms with Crippen LogP contribution in [0, 0.1) is 0 Å². The fraction of sp³-hybridized carbons (Fsp3) is 0. The second-order valence-electron chi connectivity index (χ2n) is 18.3. The molecule has 2 heterocycles. The van der Waals surface area contributed by atoms with Crippen molar-refractivity contribution in [2.24, 2.45) is 0 Å². The Morgan fingerprint density at radius 3 is 1.55 bits per heavy atom. The minimum atomic E-state index is 0.893. The van der Waals surface area contributed by atoms with E-state index < -0.39 is 0 Å². The molecule has 0 bridgehead atoms. The van der Waals surface area contributed by atoms with Gasteiger partial charge in [-0.1, -0.05) is 212 Å². The van der Waals surface area contributed by atoms with Gasteiger partial charge in [-0.2, -0.15) is 0 Å². The van der Waals surface area contributed by atoms with E-state index in [0.717, 1.165) is 88.9 Å². The summed E-state index contributed by atoms with van der Waals surface area (Å²) in [4.78, 5) is 11.3. The van der Waals surface area contributed by atoms with E-state index in [0.29, 0.717) is 0 Å². The lowest BCUT2D eigenvalue weighted by atomic mass is 9.83. The zero-order valence-corrected chi connectivity index (χ0v) is 37.2. The summed E-state index contributed by atoms with van der Waals surface area (Å²) >= 11 is 0. The number of nitrogens with zero attached hydrogens (tertiary/aromatic N) is 2. The molecule has 0 amide bonds. The van der Waals surface area contributed by atoms with Crippen LogP contribution in [0.1, 0.15) is 0 Å². The van der Waals surface area contributed by atoms with Crippen molar-refractivity contribution in [1.29, 1.82) is 0 Å². The van der Waals surface area contributed by atoms with Crippen molar-refractivity contribution in [3.63, 3.8) is 0 Å². The van der Waals surface area contributed by atoms with Gasteiger partial charge in [0, 0.05) is 44.0 Å². The van der Waals surface area contributed by atoms with Gasteiger partial charge in [-0.3, -0.25) is 0 Å². The van der Waals surface area contributed by atoms with E-state index in [1.54, 1.807) is 0 Å². The molecule has 14 aromatic rings. The highest BCUT2D eigenvalue weighted by molar-refractivity contribution is 6.27. The summed E-state index contributed by atoms with van der Waals surface area (Å²) in [7, 11) is 0. The fourth-order valence-electron chi connectivity index (χ4n) is 11.5. The van der Waals surface area contributed by atoms with Crippen LogP contribution in [0.4, 0.5) is 0 Å². The van der Waals surface area contributed by atoms with Gasteiger partial charge < -0.3 is 4.42 Å². The highest BCUT2D eigenvalue weighted by Gasteiger charge is 2.29. The Morgan fingerprint density at radius 2 is 0.812 bits per heavy atom. The largest absolute Gasteiger partial charge is 0.455 e. The van der Waals surface area contributed by atoms with Crippen LogP contribution in [0.25, 0.3) is 154 Å². The molecule has 0 N–H and O–H groups in total. The third kappa shape index (κ3) is 5.62. The number of fused-ring (bicyclic) bond motifs is 10. The van der Waals surface area contributed by atoms with Gasteiger partial charge in [-0.25, -0.2) is 9.97 Å². The predicted molar refractivity (Wildman–Crippen MR) is 288 cm³/mol. The van der Waals surface area contributed by atoms with E-state index in [-0.39, 0.29) is 0 Å². The van der Waals surface area contributed by atoms with Crippen LogP contribution in [0.2, 0.25) is 0 Å². The number of furan rings is 1. The Bertz CT molecular complexity index is 4380.